The second-order valence-electron chi connectivity index (χ2n) is 3.32. The minimum absolute atomic E-state index is 0.0836. The molecule has 0 atom stereocenters. The number of thiophene rings is 1. The molecule has 3 nitrogen and oxygen atoms in total. The smallest absolute Gasteiger partial charge is 0.272 e. The SMILES string of the molecule is O=S(=O)(Nc1cc(F)cc(Cl)c1)c1sccc1Br. The lowest BCUT2D eigenvalue weighted by atomic mass is 10.3. The third-order valence-electron chi connectivity index (χ3n) is 1.94. The predicted octanol–water partition coefficient (Wildman–Crippen LogP) is 4.10. The normalized spacial score (nSPS) is 11.5. The molecule has 0 unspecified atom stereocenters. The molecule has 1 N–H and O–H groups in total. The summed E-state index contributed by atoms with van der Waals surface area (Å²) in [7, 11) is -3.74. The average Bonchev–Trinajstić information content (AvgIpc) is 2.62. The van der Waals surface area contributed by atoms with Gasteiger partial charge >= 0.3 is 0 Å². The van der Waals surface area contributed by atoms with Gasteiger partial charge in [-0.2, -0.15) is 0 Å². The summed E-state index contributed by atoms with van der Waals surface area (Å²) in [5.74, 6) is -0.606. The van der Waals surface area contributed by atoms with Crippen molar-refractivity contribution in [3.63, 3.8) is 0 Å². The molecule has 1 aromatic carbocycles. The van der Waals surface area contributed by atoms with Crippen LogP contribution < -0.4 is 4.72 Å². The molecule has 18 heavy (non-hydrogen) atoms. The summed E-state index contributed by atoms with van der Waals surface area (Å²) >= 11 is 9.85. The van der Waals surface area contributed by atoms with Gasteiger partial charge in [-0.3, -0.25) is 4.72 Å². The molecule has 0 amide bonds. The first-order valence-electron chi connectivity index (χ1n) is 4.60. The molecule has 0 saturated carbocycles. The second kappa shape index (κ2) is 5.16. The van der Waals surface area contributed by atoms with E-state index in [4.69, 9.17) is 11.6 Å². The Morgan fingerprint density at radius 1 is 1.33 bits per heavy atom. The van der Waals surface area contributed by atoms with Crippen molar-refractivity contribution in [2.24, 2.45) is 0 Å². The molecule has 96 valence electrons. The Morgan fingerprint density at radius 3 is 2.61 bits per heavy atom. The zero-order chi connectivity index (χ0) is 13.3. The summed E-state index contributed by atoms with van der Waals surface area (Å²) in [6, 6.07) is 5.12. The van der Waals surface area contributed by atoms with Crippen molar-refractivity contribution in [3.8, 4) is 0 Å². The lowest BCUT2D eigenvalue weighted by molar-refractivity contribution is 0.602. The van der Waals surface area contributed by atoms with Crippen LogP contribution in [0.1, 0.15) is 0 Å². The highest BCUT2D eigenvalue weighted by atomic mass is 79.9. The summed E-state index contributed by atoms with van der Waals surface area (Å²) in [6.07, 6.45) is 0. The van der Waals surface area contributed by atoms with Crippen LogP contribution in [0.5, 0.6) is 0 Å². The quantitative estimate of drug-likeness (QED) is 0.884. The Kier molecular flexibility index (Phi) is 3.96. The van der Waals surface area contributed by atoms with Gasteiger partial charge in [0.25, 0.3) is 10.0 Å². The van der Waals surface area contributed by atoms with Gasteiger partial charge in [0.1, 0.15) is 5.82 Å². The first-order chi connectivity index (χ1) is 8.38. The monoisotopic (exact) mass is 369 g/mol. The van der Waals surface area contributed by atoms with E-state index in [2.05, 4.69) is 20.7 Å². The number of benzene rings is 1. The van der Waals surface area contributed by atoms with E-state index < -0.39 is 15.8 Å². The van der Waals surface area contributed by atoms with Gasteiger partial charge in [-0.05, 0) is 45.6 Å². The largest absolute Gasteiger partial charge is 0.279 e. The van der Waals surface area contributed by atoms with E-state index >= 15 is 0 Å². The lowest BCUT2D eigenvalue weighted by Crippen LogP contribution is -2.12. The van der Waals surface area contributed by atoms with E-state index in [9.17, 15) is 12.8 Å². The number of sulfonamides is 1. The number of hydrogen-bond donors (Lipinski definition) is 1. The molecule has 0 aliphatic heterocycles. The Balaban J connectivity index is 2.37. The number of hydrogen-bond acceptors (Lipinski definition) is 3. The maximum Gasteiger partial charge on any atom is 0.272 e. The molecule has 0 spiro atoms. The van der Waals surface area contributed by atoms with Crippen LogP contribution in [-0.4, -0.2) is 8.42 Å². The van der Waals surface area contributed by atoms with Gasteiger partial charge in [0.05, 0.1) is 5.69 Å². The molecule has 0 saturated heterocycles. The third kappa shape index (κ3) is 3.03. The van der Waals surface area contributed by atoms with Crippen LogP contribution in [-0.2, 0) is 10.0 Å². The molecular weight excluding hydrogens is 365 g/mol. The van der Waals surface area contributed by atoms with E-state index in [-0.39, 0.29) is 14.9 Å². The second-order valence-corrected chi connectivity index (χ2v) is 7.40. The molecule has 0 radical (unpaired) electrons. The third-order valence-corrected chi connectivity index (χ3v) is 6.21. The highest BCUT2D eigenvalue weighted by Gasteiger charge is 2.19. The lowest BCUT2D eigenvalue weighted by Gasteiger charge is -2.07. The fourth-order valence-electron chi connectivity index (χ4n) is 1.29. The summed E-state index contributed by atoms with van der Waals surface area (Å²) in [5, 5.41) is 1.76. The van der Waals surface area contributed by atoms with Crippen molar-refractivity contribution in [3.05, 3.63) is 45.0 Å². The van der Waals surface area contributed by atoms with Gasteiger partial charge in [0.2, 0.25) is 0 Å². The van der Waals surface area contributed by atoms with E-state index in [0.29, 0.717) is 4.47 Å². The fraction of sp³-hybridized carbons (Fsp3) is 0. The Labute approximate surface area is 121 Å². The summed E-state index contributed by atoms with van der Waals surface area (Å²) in [4.78, 5) is 0. The number of rotatable bonds is 3. The van der Waals surface area contributed by atoms with Crippen molar-refractivity contribution < 1.29 is 12.8 Å². The molecule has 8 heteroatoms. The van der Waals surface area contributed by atoms with Gasteiger partial charge in [-0.15, -0.1) is 11.3 Å². The molecule has 0 fully saturated rings. The predicted molar refractivity (Wildman–Crippen MR) is 74.2 cm³/mol. The number of halogens is 3. The molecule has 0 aliphatic carbocycles. The topological polar surface area (TPSA) is 46.2 Å². The Morgan fingerprint density at radius 2 is 2.06 bits per heavy atom. The van der Waals surface area contributed by atoms with E-state index in [0.717, 1.165) is 23.5 Å². The molecule has 1 heterocycles. The van der Waals surface area contributed by atoms with E-state index in [1.807, 2.05) is 0 Å². The zero-order valence-corrected chi connectivity index (χ0v) is 12.6. The van der Waals surface area contributed by atoms with Gasteiger partial charge in [0, 0.05) is 9.50 Å². The van der Waals surface area contributed by atoms with Crippen LogP contribution in [0.2, 0.25) is 5.02 Å². The average molecular weight is 371 g/mol. The van der Waals surface area contributed by atoms with Gasteiger partial charge < -0.3 is 0 Å². The fourth-order valence-corrected chi connectivity index (χ4v) is 4.89. The van der Waals surface area contributed by atoms with E-state index in [1.54, 1.807) is 11.4 Å². The first-order valence-corrected chi connectivity index (χ1v) is 8.14. The highest BCUT2D eigenvalue weighted by Crippen LogP contribution is 2.30. The van der Waals surface area contributed by atoms with Crippen LogP contribution in [0.3, 0.4) is 0 Å². The molecule has 0 aliphatic rings. The van der Waals surface area contributed by atoms with E-state index in [1.165, 1.54) is 6.07 Å². The van der Waals surface area contributed by atoms with Crippen molar-refractivity contribution in [1.82, 2.24) is 0 Å². The van der Waals surface area contributed by atoms with Crippen molar-refractivity contribution in [1.29, 1.82) is 0 Å². The summed E-state index contributed by atoms with van der Waals surface area (Å²) in [6.45, 7) is 0. The highest BCUT2D eigenvalue weighted by molar-refractivity contribution is 9.10. The van der Waals surface area contributed by atoms with Crippen LogP contribution in [0.25, 0.3) is 0 Å². The van der Waals surface area contributed by atoms with Gasteiger partial charge in [-0.1, -0.05) is 11.6 Å². The zero-order valence-electron chi connectivity index (χ0n) is 8.65. The molecule has 1 aromatic heterocycles. The maximum atomic E-state index is 13.1. The molecule has 2 aromatic rings. The summed E-state index contributed by atoms with van der Waals surface area (Å²) < 4.78 is 40.0. The Bertz CT molecular complexity index is 667. The van der Waals surface area contributed by atoms with Crippen molar-refractivity contribution >= 4 is 54.6 Å². The van der Waals surface area contributed by atoms with Gasteiger partial charge in [-0.25, -0.2) is 12.8 Å². The van der Waals surface area contributed by atoms with Gasteiger partial charge in [0.15, 0.2) is 4.21 Å². The minimum atomic E-state index is -3.74. The minimum Gasteiger partial charge on any atom is -0.279 e. The van der Waals surface area contributed by atoms with Crippen LogP contribution in [0.15, 0.2) is 38.3 Å². The Hall–Kier alpha value is -0.630. The maximum absolute atomic E-state index is 13.1. The molecule has 0 bridgehead atoms. The van der Waals surface area contributed by atoms with Crippen molar-refractivity contribution in [2.45, 2.75) is 4.21 Å². The number of anilines is 1. The molecular formula is C10H6BrClFNO2S2. The van der Waals surface area contributed by atoms with Crippen LogP contribution in [0, 0.1) is 5.82 Å². The number of nitrogens with one attached hydrogen (secondary N) is 1. The van der Waals surface area contributed by atoms with Crippen LogP contribution in [0.4, 0.5) is 10.1 Å². The standard InChI is InChI=1S/C10H6BrClFNO2S2/c11-9-1-2-17-10(9)18(15,16)14-8-4-6(12)3-7(13)5-8/h1-5,14H. The van der Waals surface area contributed by atoms with Crippen LogP contribution >= 0.6 is 38.9 Å². The first kappa shape index (κ1) is 13.8. The molecule has 2 rings (SSSR count). The van der Waals surface area contributed by atoms with Crippen molar-refractivity contribution in [2.75, 3.05) is 4.72 Å². The summed E-state index contributed by atoms with van der Waals surface area (Å²) in [5.41, 5.74) is 0.0836.